The third-order valence-electron chi connectivity index (χ3n) is 5.46. The third-order valence-corrected chi connectivity index (χ3v) is 5.46. The van der Waals surface area contributed by atoms with E-state index in [0.29, 0.717) is 5.56 Å². The molecule has 0 aliphatic rings. The van der Waals surface area contributed by atoms with E-state index in [1.807, 2.05) is 61.8 Å². The number of rotatable bonds is 2. The van der Waals surface area contributed by atoms with E-state index in [0.717, 1.165) is 49.9 Å². The van der Waals surface area contributed by atoms with E-state index >= 15 is 0 Å². The standard InChI is InChI=1S/C26H19N2O/c1-17-14-20(19-8-4-3-5-9-19)25-21-15-18(16-27)11-12-23(21)29-26(25)24(17)22-10-6-7-13-28(22)2/h3-15H,1-2H3/q+1. The van der Waals surface area contributed by atoms with Crippen molar-refractivity contribution >= 4 is 21.9 Å². The fourth-order valence-electron chi connectivity index (χ4n) is 4.10. The van der Waals surface area contributed by atoms with Crippen molar-refractivity contribution in [3.63, 3.8) is 0 Å². The van der Waals surface area contributed by atoms with Gasteiger partial charge in [0.05, 0.1) is 17.2 Å². The van der Waals surface area contributed by atoms with Crippen molar-refractivity contribution in [1.82, 2.24) is 0 Å². The van der Waals surface area contributed by atoms with Crippen LogP contribution in [-0.2, 0) is 7.05 Å². The molecule has 29 heavy (non-hydrogen) atoms. The van der Waals surface area contributed by atoms with Crippen molar-refractivity contribution in [1.29, 1.82) is 5.26 Å². The number of hydrogen-bond donors (Lipinski definition) is 0. The summed E-state index contributed by atoms with van der Waals surface area (Å²) in [6, 6.07) is 26.6. The Morgan fingerprint density at radius 2 is 1.72 bits per heavy atom. The van der Waals surface area contributed by atoms with Gasteiger partial charge in [0.1, 0.15) is 18.2 Å². The summed E-state index contributed by atoms with van der Waals surface area (Å²) in [7, 11) is 2.04. The van der Waals surface area contributed by atoms with E-state index in [1.54, 1.807) is 0 Å². The summed E-state index contributed by atoms with van der Waals surface area (Å²) in [5.74, 6) is 0. The zero-order valence-electron chi connectivity index (χ0n) is 16.3. The largest absolute Gasteiger partial charge is 0.455 e. The van der Waals surface area contributed by atoms with Crippen LogP contribution in [-0.4, -0.2) is 0 Å². The van der Waals surface area contributed by atoms with Crippen molar-refractivity contribution < 1.29 is 8.98 Å². The molecular weight excluding hydrogens is 356 g/mol. The van der Waals surface area contributed by atoms with Crippen LogP contribution in [0.4, 0.5) is 0 Å². The van der Waals surface area contributed by atoms with Crippen molar-refractivity contribution in [2.24, 2.45) is 7.05 Å². The first kappa shape index (κ1) is 17.2. The summed E-state index contributed by atoms with van der Waals surface area (Å²) in [4.78, 5) is 0. The van der Waals surface area contributed by atoms with Crippen LogP contribution >= 0.6 is 0 Å². The smallest absolute Gasteiger partial charge is 0.216 e. The number of hydrogen-bond acceptors (Lipinski definition) is 2. The molecule has 0 aliphatic heterocycles. The normalized spacial score (nSPS) is 11.1. The minimum atomic E-state index is 0.631. The lowest BCUT2D eigenvalue weighted by Gasteiger charge is -2.10. The molecule has 0 atom stereocenters. The lowest BCUT2D eigenvalue weighted by atomic mass is 9.92. The van der Waals surface area contributed by atoms with Crippen LogP contribution in [0.15, 0.2) is 83.4 Å². The number of nitriles is 1. The molecule has 5 aromatic rings. The molecule has 2 aromatic heterocycles. The molecule has 138 valence electrons. The Hall–Kier alpha value is -3.90. The molecule has 5 rings (SSSR count). The summed E-state index contributed by atoms with van der Waals surface area (Å²) in [6.45, 7) is 2.13. The highest BCUT2D eigenvalue weighted by Crippen LogP contribution is 2.43. The van der Waals surface area contributed by atoms with Crippen molar-refractivity contribution in [3.05, 3.63) is 90.1 Å². The maximum atomic E-state index is 9.42. The van der Waals surface area contributed by atoms with Crippen molar-refractivity contribution in [3.8, 4) is 28.5 Å². The Labute approximate surface area is 169 Å². The van der Waals surface area contributed by atoms with E-state index < -0.39 is 0 Å². The number of benzene rings is 3. The molecule has 0 fully saturated rings. The molecule has 0 bridgehead atoms. The quantitative estimate of drug-likeness (QED) is 0.359. The lowest BCUT2D eigenvalue weighted by Crippen LogP contribution is -2.30. The average Bonchev–Trinajstić information content (AvgIpc) is 3.13. The molecule has 0 radical (unpaired) electrons. The second-order valence-electron chi connectivity index (χ2n) is 7.31. The van der Waals surface area contributed by atoms with Gasteiger partial charge >= 0.3 is 0 Å². The zero-order chi connectivity index (χ0) is 20.0. The van der Waals surface area contributed by atoms with Gasteiger partial charge in [-0.15, -0.1) is 0 Å². The monoisotopic (exact) mass is 375 g/mol. The molecule has 0 saturated heterocycles. The molecule has 3 nitrogen and oxygen atoms in total. The van der Waals surface area contributed by atoms with Gasteiger partial charge in [-0.1, -0.05) is 30.3 Å². The Balaban J connectivity index is 1.99. The first-order valence-corrected chi connectivity index (χ1v) is 9.58. The van der Waals surface area contributed by atoms with Gasteiger partial charge in [0, 0.05) is 22.9 Å². The van der Waals surface area contributed by atoms with E-state index in [9.17, 15) is 5.26 Å². The lowest BCUT2D eigenvalue weighted by molar-refractivity contribution is -0.660. The molecular formula is C26H19N2O+. The summed E-state index contributed by atoms with van der Waals surface area (Å²) in [5.41, 5.74) is 7.86. The second-order valence-corrected chi connectivity index (χ2v) is 7.31. The van der Waals surface area contributed by atoms with E-state index in [4.69, 9.17) is 4.42 Å². The van der Waals surface area contributed by atoms with Gasteiger partial charge in [-0.2, -0.15) is 5.26 Å². The van der Waals surface area contributed by atoms with Gasteiger partial charge in [-0.05, 0) is 53.9 Å². The van der Waals surface area contributed by atoms with Gasteiger partial charge in [0.2, 0.25) is 5.69 Å². The Bertz CT molecular complexity index is 1420. The third kappa shape index (κ3) is 2.69. The number of fused-ring (bicyclic) bond motifs is 3. The number of aromatic nitrogens is 1. The highest BCUT2D eigenvalue weighted by atomic mass is 16.3. The Morgan fingerprint density at radius 1 is 0.931 bits per heavy atom. The van der Waals surface area contributed by atoms with Crippen LogP contribution in [0.3, 0.4) is 0 Å². The molecule has 0 unspecified atom stereocenters. The van der Waals surface area contributed by atoms with E-state index in [-0.39, 0.29) is 0 Å². The zero-order valence-corrected chi connectivity index (χ0v) is 16.3. The van der Waals surface area contributed by atoms with Crippen LogP contribution in [0.25, 0.3) is 44.3 Å². The van der Waals surface area contributed by atoms with Gasteiger partial charge in [0.15, 0.2) is 6.20 Å². The fraction of sp³-hybridized carbons (Fsp3) is 0.0769. The molecule has 0 aliphatic carbocycles. The maximum Gasteiger partial charge on any atom is 0.216 e. The fourth-order valence-corrected chi connectivity index (χ4v) is 4.10. The molecule has 0 spiro atoms. The molecule has 3 aromatic carbocycles. The predicted molar refractivity (Wildman–Crippen MR) is 115 cm³/mol. The molecule has 2 heterocycles. The van der Waals surface area contributed by atoms with Gasteiger partial charge in [0.25, 0.3) is 0 Å². The highest BCUT2D eigenvalue weighted by Gasteiger charge is 2.23. The van der Waals surface area contributed by atoms with Crippen LogP contribution in [0.2, 0.25) is 0 Å². The summed E-state index contributed by atoms with van der Waals surface area (Å²) in [5, 5.41) is 11.4. The number of nitrogens with zero attached hydrogens (tertiary/aromatic N) is 2. The SMILES string of the molecule is Cc1cc(-c2ccccc2)c2c(oc3ccc(C#N)cc32)c1-c1cccc[n+]1C. The number of furan rings is 1. The van der Waals surface area contributed by atoms with Gasteiger partial charge in [-0.3, -0.25) is 0 Å². The first-order valence-electron chi connectivity index (χ1n) is 9.58. The number of pyridine rings is 1. The predicted octanol–water partition coefficient (Wildman–Crippen LogP) is 5.92. The minimum absolute atomic E-state index is 0.631. The van der Waals surface area contributed by atoms with Gasteiger partial charge in [-0.25, -0.2) is 4.57 Å². The topological polar surface area (TPSA) is 40.8 Å². The maximum absolute atomic E-state index is 9.42. The van der Waals surface area contributed by atoms with Gasteiger partial charge < -0.3 is 4.42 Å². The van der Waals surface area contributed by atoms with Crippen molar-refractivity contribution in [2.75, 3.05) is 0 Å². The van der Waals surface area contributed by atoms with E-state index in [2.05, 4.69) is 41.8 Å². The Kier molecular flexibility index (Phi) is 3.93. The molecule has 0 saturated carbocycles. The summed E-state index contributed by atoms with van der Waals surface area (Å²) < 4.78 is 8.52. The molecule has 3 heteroatoms. The molecule has 0 amide bonds. The van der Waals surface area contributed by atoms with Crippen LogP contribution in [0.1, 0.15) is 11.1 Å². The van der Waals surface area contributed by atoms with Crippen LogP contribution in [0, 0.1) is 18.3 Å². The van der Waals surface area contributed by atoms with E-state index in [1.165, 1.54) is 0 Å². The number of aryl methyl sites for hydroxylation is 2. The first-order chi connectivity index (χ1) is 14.2. The summed E-state index contributed by atoms with van der Waals surface area (Å²) in [6.07, 6.45) is 2.04. The van der Waals surface area contributed by atoms with Crippen LogP contribution in [0.5, 0.6) is 0 Å². The Morgan fingerprint density at radius 3 is 2.48 bits per heavy atom. The van der Waals surface area contributed by atoms with Crippen LogP contribution < -0.4 is 4.57 Å². The highest BCUT2D eigenvalue weighted by molar-refractivity contribution is 6.16. The summed E-state index contributed by atoms with van der Waals surface area (Å²) >= 11 is 0. The molecule has 0 N–H and O–H groups in total. The minimum Gasteiger partial charge on any atom is -0.455 e. The average molecular weight is 375 g/mol. The van der Waals surface area contributed by atoms with Crippen molar-refractivity contribution in [2.45, 2.75) is 6.92 Å². The second kappa shape index (κ2) is 6.61.